The molecule has 0 unspecified atom stereocenters. The molecule has 0 spiro atoms. The second kappa shape index (κ2) is 5.18. The van der Waals surface area contributed by atoms with E-state index in [9.17, 15) is 0 Å². The molecule has 0 amide bonds. The maximum Gasteiger partial charge on any atom is 0.0934 e. The molecule has 0 radical (unpaired) electrons. The highest BCUT2D eigenvalue weighted by Gasteiger charge is 2.10. The highest BCUT2D eigenvalue weighted by Crippen LogP contribution is 2.20. The van der Waals surface area contributed by atoms with Gasteiger partial charge < -0.3 is 0 Å². The minimum Gasteiger partial charge on any atom is -0.246 e. The molecule has 0 saturated heterocycles. The van der Waals surface area contributed by atoms with Gasteiger partial charge in [-0.3, -0.25) is 0 Å². The van der Waals surface area contributed by atoms with Crippen molar-refractivity contribution >= 4 is 34.5 Å². The molecular formula is C9H13Cl2NS. The van der Waals surface area contributed by atoms with Crippen molar-refractivity contribution < 1.29 is 0 Å². The van der Waals surface area contributed by atoms with Gasteiger partial charge in [0.05, 0.1) is 10.7 Å². The largest absolute Gasteiger partial charge is 0.246 e. The molecule has 4 heteroatoms. The van der Waals surface area contributed by atoms with Gasteiger partial charge in [-0.15, -0.1) is 34.5 Å². The third kappa shape index (κ3) is 3.12. The first-order chi connectivity index (χ1) is 6.17. The van der Waals surface area contributed by atoms with Gasteiger partial charge in [0.25, 0.3) is 0 Å². The molecule has 0 aromatic carbocycles. The van der Waals surface area contributed by atoms with E-state index in [1.165, 1.54) is 4.88 Å². The van der Waals surface area contributed by atoms with E-state index in [1.54, 1.807) is 11.3 Å². The number of aromatic nitrogens is 1. The first-order valence-corrected chi connectivity index (χ1v) is 6.10. The third-order valence-corrected chi connectivity index (χ3v) is 3.94. The minimum atomic E-state index is 0.355. The zero-order chi connectivity index (χ0) is 9.84. The summed E-state index contributed by atoms with van der Waals surface area (Å²) in [6.45, 7) is 4.12. The SMILES string of the molecule is Cc1nc(CC(CCl)CCl)sc1C. The number of alkyl halides is 2. The Morgan fingerprint density at radius 3 is 2.31 bits per heavy atom. The van der Waals surface area contributed by atoms with Crippen LogP contribution < -0.4 is 0 Å². The van der Waals surface area contributed by atoms with E-state index >= 15 is 0 Å². The Morgan fingerprint density at radius 2 is 1.92 bits per heavy atom. The molecule has 0 atom stereocenters. The van der Waals surface area contributed by atoms with Crippen molar-refractivity contribution in [1.29, 1.82) is 0 Å². The lowest BCUT2D eigenvalue weighted by molar-refractivity contribution is 0.658. The first-order valence-electron chi connectivity index (χ1n) is 4.22. The van der Waals surface area contributed by atoms with Gasteiger partial charge in [0.2, 0.25) is 0 Å². The molecule has 0 aliphatic heterocycles. The average molecular weight is 238 g/mol. The lowest BCUT2D eigenvalue weighted by atomic mass is 10.1. The maximum absolute atomic E-state index is 5.76. The van der Waals surface area contributed by atoms with Crippen LogP contribution in [0, 0.1) is 19.8 Å². The zero-order valence-electron chi connectivity index (χ0n) is 7.81. The monoisotopic (exact) mass is 237 g/mol. The topological polar surface area (TPSA) is 12.9 Å². The van der Waals surface area contributed by atoms with Crippen molar-refractivity contribution in [3.05, 3.63) is 15.6 Å². The third-order valence-electron chi connectivity index (χ3n) is 1.97. The normalized spacial score (nSPS) is 11.2. The minimum absolute atomic E-state index is 0.355. The Hall–Kier alpha value is 0.210. The fourth-order valence-corrected chi connectivity index (χ4v) is 2.62. The highest BCUT2D eigenvalue weighted by molar-refractivity contribution is 7.11. The first kappa shape index (κ1) is 11.3. The summed E-state index contributed by atoms with van der Waals surface area (Å²) in [6, 6.07) is 0. The van der Waals surface area contributed by atoms with Gasteiger partial charge in [-0.25, -0.2) is 4.98 Å². The van der Waals surface area contributed by atoms with Crippen LogP contribution in [0.2, 0.25) is 0 Å². The summed E-state index contributed by atoms with van der Waals surface area (Å²) in [5.74, 6) is 1.58. The second-order valence-electron chi connectivity index (χ2n) is 3.13. The molecule has 0 aliphatic carbocycles. The molecule has 1 heterocycles. The summed E-state index contributed by atoms with van der Waals surface area (Å²) in [4.78, 5) is 5.74. The molecular weight excluding hydrogens is 225 g/mol. The van der Waals surface area contributed by atoms with Gasteiger partial charge in [-0.2, -0.15) is 0 Å². The van der Waals surface area contributed by atoms with Gasteiger partial charge in [0, 0.05) is 23.1 Å². The molecule has 13 heavy (non-hydrogen) atoms. The molecule has 1 nitrogen and oxygen atoms in total. The highest BCUT2D eigenvalue weighted by atomic mass is 35.5. The van der Waals surface area contributed by atoms with E-state index < -0.39 is 0 Å². The average Bonchev–Trinajstić information content (AvgIpc) is 2.42. The Kier molecular flexibility index (Phi) is 4.50. The van der Waals surface area contributed by atoms with Crippen molar-refractivity contribution in [2.75, 3.05) is 11.8 Å². The van der Waals surface area contributed by atoms with Crippen LogP contribution in [-0.2, 0) is 6.42 Å². The fourth-order valence-electron chi connectivity index (χ4n) is 1.02. The summed E-state index contributed by atoms with van der Waals surface area (Å²) in [6.07, 6.45) is 0.909. The molecule has 0 bridgehead atoms. The van der Waals surface area contributed by atoms with Crippen LogP contribution in [0.4, 0.5) is 0 Å². The maximum atomic E-state index is 5.76. The summed E-state index contributed by atoms with van der Waals surface area (Å²) in [5.41, 5.74) is 1.13. The molecule has 0 N–H and O–H groups in total. The van der Waals surface area contributed by atoms with Gasteiger partial charge in [-0.1, -0.05) is 0 Å². The molecule has 1 aromatic rings. The molecule has 1 aromatic heterocycles. The van der Waals surface area contributed by atoms with E-state index in [2.05, 4.69) is 11.9 Å². The van der Waals surface area contributed by atoms with Crippen LogP contribution in [0.25, 0.3) is 0 Å². The van der Waals surface area contributed by atoms with Crippen molar-refractivity contribution in [2.24, 2.45) is 5.92 Å². The molecule has 0 aliphatic rings. The summed E-state index contributed by atoms with van der Waals surface area (Å²) < 4.78 is 0. The second-order valence-corrected chi connectivity index (χ2v) is 5.03. The predicted octanol–water partition coefficient (Wildman–Crippen LogP) is 3.40. The number of thiazole rings is 1. The molecule has 74 valence electrons. The Labute approximate surface area is 93.1 Å². The molecule has 0 fully saturated rings. The van der Waals surface area contributed by atoms with Crippen LogP contribution in [0.5, 0.6) is 0 Å². The lowest BCUT2D eigenvalue weighted by Crippen LogP contribution is -2.07. The quantitative estimate of drug-likeness (QED) is 0.732. The fraction of sp³-hybridized carbons (Fsp3) is 0.667. The van der Waals surface area contributed by atoms with Crippen molar-refractivity contribution in [3.63, 3.8) is 0 Å². The van der Waals surface area contributed by atoms with Crippen LogP contribution in [0.3, 0.4) is 0 Å². The Bertz CT molecular complexity index is 249. The van der Waals surface area contributed by atoms with E-state index in [-0.39, 0.29) is 0 Å². The number of hydrogen-bond acceptors (Lipinski definition) is 2. The molecule has 0 saturated carbocycles. The van der Waals surface area contributed by atoms with E-state index in [0.717, 1.165) is 17.1 Å². The Balaban J connectivity index is 2.62. The van der Waals surface area contributed by atoms with Gasteiger partial charge in [0.15, 0.2) is 0 Å². The lowest BCUT2D eigenvalue weighted by Gasteiger charge is -2.06. The number of hydrogen-bond donors (Lipinski definition) is 0. The van der Waals surface area contributed by atoms with E-state index in [4.69, 9.17) is 23.2 Å². The van der Waals surface area contributed by atoms with Crippen molar-refractivity contribution in [3.8, 4) is 0 Å². The van der Waals surface area contributed by atoms with Crippen LogP contribution in [0.15, 0.2) is 0 Å². The summed E-state index contributed by atoms with van der Waals surface area (Å²) >= 11 is 13.3. The Morgan fingerprint density at radius 1 is 1.31 bits per heavy atom. The predicted molar refractivity (Wildman–Crippen MR) is 60.2 cm³/mol. The standard InChI is InChI=1S/C9H13Cl2NS/c1-6-7(2)13-9(12-6)3-8(4-10)5-11/h8H,3-5H2,1-2H3. The smallest absolute Gasteiger partial charge is 0.0934 e. The van der Waals surface area contributed by atoms with E-state index in [1.807, 2.05) is 6.92 Å². The van der Waals surface area contributed by atoms with Gasteiger partial charge in [-0.05, 0) is 19.8 Å². The van der Waals surface area contributed by atoms with Crippen molar-refractivity contribution in [1.82, 2.24) is 4.98 Å². The zero-order valence-corrected chi connectivity index (χ0v) is 10.1. The number of rotatable bonds is 4. The van der Waals surface area contributed by atoms with E-state index in [0.29, 0.717) is 17.7 Å². The number of nitrogens with zero attached hydrogens (tertiary/aromatic N) is 1. The summed E-state index contributed by atoms with van der Waals surface area (Å²) in [7, 11) is 0. The molecule has 1 rings (SSSR count). The van der Waals surface area contributed by atoms with Gasteiger partial charge >= 0.3 is 0 Å². The van der Waals surface area contributed by atoms with Crippen LogP contribution >= 0.6 is 34.5 Å². The van der Waals surface area contributed by atoms with Crippen LogP contribution in [-0.4, -0.2) is 16.7 Å². The van der Waals surface area contributed by atoms with Crippen molar-refractivity contribution in [2.45, 2.75) is 20.3 Å². The van der Waals surface area contributed by atoms with Crippen LogP contribution in [0.1, 0.15) is 15.6 Å². The number of halogens is 2. The summed E-state index contributed by atoms with van der Waals surface area (Å²) in [5, 5.41) is 1.15. The number of aryl methyl sites for hydroxylation is 2. The van der Waals surface area contributed by atoms with Gasteiger partial charge in [0.1, 0.15) is 0 Å².